The van der Waals surface area contributed by atoms with Crippen molar-refractivity contribution in [2.24, 2.45) is 9.98 Å². The molecule has 9 N–H and O–H groups in total. The first kappa shape index (κ1) is 46.6. The Bertz CT molecular complexity index is 3720. The highest BCUT2D eigenvalue weighted by atomic mass is 35.5. The molecule has 0 unspecified atom stereocenters. The Morgan fingerprint density at radius 1 is 0.662 bits per heavy atom. The average Bonchev–Trinajstić information content (AvgIpc) is 4.12. The van der Waals surface area contributed by atoms with E-state index in [1.807, 2.05) is 72.9 Å². The number of imidazole rings is 2. The first-order chi connectivity index (χ1) is 34.5. The third-order valence-corrected chi connectivity index (χ3v) is 12.3. The van der Waals surface area contributed by atoms with Crippen molar-refractivity contribution in [2.45, 2.75) is 44.3 Å². The van der Waals surface area contributed by atoms with E-state index in [-0.39, 0.29) is 35.2 Å². The molecule has 7 aromatic heterocycles. The second kappa shape index (κ2) is 20.9. The second-order valence-electron chi connectivity index (χ2n) is 17.0. The molecule has 362 valence electrons. The van der Waals surface area contributed by atoms with Gasteiger partial charge in [0.1, 0.15) is 23.0 Å². The van der Waals surface area contributed by atoms with Gasteiger partial charge in [-0.25, -0.2) is 19.6 Å². The number of nitrogens with zero attached hydrogens (tertiary/aromatic N) is 10. The number of aromatic amines is 4. The van der Waals surface area contributed by atoms with Crippen LogP contribution in [0.4, 0.5) is 23.0 Å². The molecule has 23 heteroatoms. The van der Waals surface area contributed by atoms with Crippen LogP contribution >= 0.6 is 23.2 Å². The Morgan fingerprint density at radius 3 is 1.65 bits per heavy atom. The number of rotatable bonds is 10. The van der Waals surface area contributed by atoms with Gasteiger partial charge in [-0.2, -0.15) is 19.2 Å². The molecule has 0 saturated carbocycles. The predicted octanol–water partition coefficient (Wildman–Crippen LogP) is 3.41. The van der Waals surface area contributed by atoms with Gasteiger partial charge in [0.25, 0.3) is 0 Å². The van der Waals surface area contributed by atoms with E-state index >= 15 is 0 Å². The van der Waals surface area contributed by atoms with Gasteiger partial charge in [0, 0.05) is 69.8 Å². The van der Waals surface area contributed by atoms with Crippen LogP contribution in [0.1, 0.15) is 42.8 Å². The van der Waals surface area contributed by atoms with Crippen LogP contribution in [0.3, 0.4) is 0 Å². The number of likely N-dealkylation sites (tertiary alicyclic amines) is 1. The van der Waals surface area contributed by atoms with Gasteiger partial charge in [-0.05, 0) is 99.5 Å². The van der Waals surface area contributed by atoms with Crippen LogP contribution in [0, 0.1) is 0 Å². The highest BCUT2D eigenvalue weighted by Gasteiger charge is 2.20. The van der Waals surface area contributed by atoms with Crippen LogP contribution < -0.4 is 48.7 Å². The van der Waals surface area contributed by atoms with Crippen LogP contribution in [0.15, 0.2) is 117 Å². The van der Waals surface area contributed by atoms with Crippen LogP contribution in [0.2, 0.25) is 10.0 Å². The van der Waals surface area contributed by atoms with Crippen molar-refractivity contribution >= 4 is 69.7 Å². The van der Waals surface area contributed by atoms with E-state index < -0.39 is 11.4 Å². The Balaban J connectivity index is 0.000000167. The number of benzene rings is 2. The third-order valence-electron chi connectivity index (χ3n) is 11.8. The average molecular weight is 997 g/mol. The fraction of sp³-hybridized carbons (Fsp3) is 0.229. The standard InChI is InChI=1S/C27H26ClN9O2.C21H21ClN8O2/c28-18-4-3-6-20(13-18)31-23-14-24(32-19-7-10-36(11-8-19)16-21-5-1-2-9-29-21)37-25(34-23)17(15-30-37)12-22-26(38)35-27(39)33-22;22-13-2-1-3-15(9-13)25-17-10-18(26-14-4-6-23-7-5-14)30-19(28-17)12(11-24-30)8-16-20(31)29-21(32)27-16/h1-6,9,12-15,19,31,38H,7-8,10-11,16H2,(H2,33,35,39);1-3,8-11,14,23,25,31H,4-7H2,(H2,27,29,32). The Kier molecular flexibility index (Phi) is 13.7. The number of halogens is 2. The lowest BCUT2D eigenvalue weighted by atomic mass is 10.1. The number of anilines is 4. The lowest BCUT2D eigenvalue weighted by Crippen LogP contribution is -2.36. The van der Waals surface area contributed by atoms with E-state index in [4.69, 9.17) is 43.2 Å². The summed E-state index contributed by atoms with van der Waals surface area (Å²) in [5, 5.41) is 41.3. The normalized spacial score (nSPS) is 16.0. The van der Waals surface area contributed by atoms with Crippen molar-refractivity contribution in [2.75, 3.05) is 36.8 Å². The Labute approximate surface area is 412 Å². The highest BCUT2D eigenvalue weighted by molar-refractivity contribution is 6.31. The van der Waals surface area contributed by atoms with Gasteiger partial charge in [-0.1, -0.05) is 41.4 Å². The number of pyridine rings is 1. The second-order valence-corrected chi connectivity index (χ2v) is 17.9. The molecule has 71 heavy (non-hydrogen) atoms. The minimum absolute atomic E-state index is 0.122. The Hall–Kier alpha value is -8.11. The van der Waals surface area contributed by atoms with Gasteiger partial charge in [0.05, 0.1) is 30.2 Å². The molecule has 2 aliphatic heterocycles. The number of H-pyrrole nitrogens is 4. The van der Waals surface area contributed by atoms with Crippen molar-refractivity contribution in [1.29, 1.82) is 0 Å². The first-order valence-corrected chi connectivity index (χ1v) is 23.6. The number of aromatic hydroxyl groups is 2. The van der Waals surface area contributed by atoms with Gasteiger partial charge < -0.3 is 36.1 Å². The number of aromatic nitrogens is 11. The van der Waals surface area contributed by atoms with Gasteiger partial charge in [-0.3, -0.25) is 29.8 Å². The molecule has 2 aliphatic rings. The van der Waals surface area contributed by atoms with Crippen LogP contribution in [0.5, 0.6) is 11.8 Å². The lowest BCUT2D eigenvalue weighted by Gasteiger charge is -2.29. The minimum Gasteiger partial charge on any atom is -0.493 e. The summed E-state index contributed by atoms with van der Waals surface area (Å²) < 4.78 is 3.34. The minimum atomic E-state index is -0.503. The quantitative estimate of drug-likeness (QED) is 0.0952. The predicted molar refractivity (Wildman–Crippen MR) is 269 cm³/mol. The monoisotopic (exact) mass is 995 g/mol. The zero-order chi connectivity index (χ0) is 48.8. The van der Waals surface area contributed by atoms with Crippen molar-refractivity contribution in [1.82, 2.24) is 64.3 Å². The van der Waals surface area contributed by atoms with E-state index in [0.29, 0.717) is 54.4 Å². The van der Waals surface area contributed by atoms with Crippen molar-refractivity contribution < 1.29 is 10.2 Å². The summed E-state index contributed by atoms with van der Waals surface area (Å²) in [7, 11) is 0. The molecule has 0 aliphatic carbocycles. The SMILES string of the molecule is O=c1[nH]c(O)c(C=c2cnn3c(=NC4CCN(Cc5ccccn5)CC4)cc(Nc4cccc(Cl)c4)nc23)[nH]1.O=c1[nH]c(O)c(C=c2cnn3c(=NC4CCNCC4)cc(Nc4cccc(Cl)c4)nc23)[nH]1. The summed E-state index contributed by atoms with van der Waals surface area (Å²) >= 11 is 12.3. The molecular formula is C48H47Cl2N17O4. The number of hydrogen-bond donors (Lipinski definition) is 9. The van der Waals surface area contributed by atoms with E-state index in [1.54, 1.807) is 45.7 Å². The largest absolute Gasteiger partial charge is 0.493 e. The van der Waals surface area contributed by atoms with Crippen molar-refractivity contribution in [3.63, 3.8) is 0 Å². The van der Waals surface area contributed by atoms with Gasteiger partial charge in [0.2, 0.25) is 11.8 Å². The number of nitrogens with one attached hydrogen (secondary N) is 7. The van der Waals surface area contributed by atoms with Gasteiger partial charge in [-0.15, -0.1) is 0 Å². The summed E-state index contributed by atoms with van der Waals surface area (Å²) in [6, 6.07) is 24.7. The van der Waals surface area contributed by atoms with E-state index in [2.05, 4.69) is 56.0 Å². The third kappa shape index (κ3) is 11.3. The molecule has 21 nitrogen and oxygen atoms in total. The maximum atomic E-state index is 11.6. The van der Waals surface area contributed by atoms with Crippen LogP contribution in [-0.2, 0) is 6.54 Å². The molecule has 0 atom stereocenters. The molecular weight excluding hydrogens is 950 g/mol. The molecule has 0 radical (unpaired) electrons. The maximum absolute atomic E-state index is 11.6. The highest BCUT2D eigenvalue weighted by Crippen LogP contribution is 2.21. The molecule has 2 saturated heterocycles. The van der Waals surface area contributed by atoms with Gasteiger partial charge in [0.15, 0.2) is 22.3 Å². The fourth-order valence-electron chi connectivity index (χ4n) is 8.40. The molecule has 11 rings (SSSR count). The zero-order valence-electron chi connectivity index (χ0n) is 37.8. The number of piperidine rings is 2. The van der Waals surface area contributed by atoms with Crippen molar-refractivity contribution in [3.05, 3.63) is 167 Å². The van der Waals surface area contributed by atoms with Crippen LogP contribution in [-0.4, -0.2) is 107 Å². The van der Waals surface area contributed by atoms with Crippen LogP contribution in [0.25, 0.3) is 23.4 Å². The molecule has 0 amide bonds. The molecule has 9 aromatic rings. The molecule has 2 fully saturated rings. The number of hydrogen-bond acceptors (Lipinski definition) is 15. The van der Waals surface area contributed by atoms with E-state index in [9.17, 15) is 19.8 Å². The summed E-state index contributed by atoms with van der Waals surface area (Å²) in [5.74, 6) is 0.643. The molecule has 0 spiro atoms. The van der Waals surface area contributed by atoms with E-state index in [0.717, 1.165) is 75.5 Å². The summed E-state index contributed by atoms with van der Waals surface area (Å²) in [4.78, 5) is 59.2. The number of fused-ring (bicyclic) bond motifs is 2. The summed E-state index contributed by atoms with van der Waals surface area (Å²) in [6.07, 6.45) is 12.0. The van der Waals surface area contributed by atoms with Crippen molar-refractivity contribution in [3.8, 4) is 11.8 Å². The Morgan fingerprint density at radius 2 is 1.18 bits per heavy atom. The zero-order valence-corrected chi connectivity index (χ0v) is 39.4. The van der Waals surface area contributed by atoms with E-state index in [1.165, 1.54) is 0 Å². The first-order valence-electron chi connectivity index (χ1n) is 22.8. The van der Waals surface area contributed by atoms with Gasteiger partial charge >= 0.3 is 11.4 Å². The molecule has 0 bridgehead atoms. The molecule has 2 aromatic carbocycles. The smallest absolute Gasteiger partial charge is 0.326 e. The summed E-state index contributed by atoms with van der Waals surface area (Å²) in [6.45, 7) is 4.52. The maximum Gasteiger partial charge on any atom is 0.326 e. The molecule has 9 heterocycles. The topological polar surface area (TPSA) is 275 Å². The lowest BCUT2D eigenvalue weighted by molar-refractivity contribution is 0.202. The summed E-state index contributed by atoms with van der Waals surface area (Å²) in [5.41, 5.74) is 4.50. The fourth-order valence-corrected chi connectivity index (χ4v) is 8.78.